The number of halogens is 1. The van der Waals surface area contributed by atoms with E-state index < -0.39 is 11.4 Å². The van der Waals surface area contributed by atoms with Crippen molar-refractivity contribution in [2.45, 2.75) is 19.4 Å². The zero-order chi connectivity index (χ0) is 14.8. The van der Waals surface area contributed by atoms with Crippen LogP contribution in [0.1, 0.15) is 18.1 Å². The van der Waals surface area contributed by atoms with Crippen LogP contribution in [-0.2, 0) is 10.3 Å². The molecule has 0 bridgehead atoms. The molecule has 1 atom stereocenters. The molecule has 0 saturated heterocycles. The number of primary amides is 1. The van der Waals surface area contributed by atoms with Crippen LogP contribution in [0.4, 0.5) is 5.69 Å². The second-order valence-corrected chi connectivity index (χ2v) is 6.23. The Morgan fingerprint density at radius 2 is 1.65 bits per heavy atom. The third kappa shape index (κ3) is 3.12. The van der Waals surface area contributed by atoms with Crippen molar-refractivity contribution < 1.29 is 4.79 Å². The molecule has 0 aliphatic carbocycles. The minimum atomic E-state index is -0.931. The lowest BCUT2D eigenvalue weighted by atomic mass is 9.91. The number of amides is 1. The van der Waals surface area contributed by atoms with Gasteiger partial charge in [-0.15, -0.1) is 0 Å². The monoisotopic (exact) mass is 380 g/mol. The number of nitrogens with two attached hydrogens (primary N) is 1. The lowest BCUT2D eigenvalue weighted by molar-refractivity contribution is -0.122. The SMILES string of the molecule is Cc1ccc(NC(C)(C(N)=O)c2ccc(I)cc2)cc1. The zero-order valence-corrected chi connectivity index (χ0v) is 13.6. The molecular weight excluding hydrogens is 363 g/mol. The van der Waals surface area contributed by atoms with Crippen LogP contribution in [0.5, 0.6) is 0 Å². The van der Waals surface area contributed by atoms with E-state index in [1.165, 1.54) is 5.56 Å². The number of benzene rings is 2. The Morgan fingerprint density at radius 1 is 1.10 bits per heavy atom. The van der Waals surface area contributed by atoms with Crippen LogP contribution in [0.25, 0.3) is 0 Å². The maximum absolute atomic E-state index is 11.9. The van der Waals surface area contributed by atoms with Gasteiger partial charge in [0.15, 0.2) is 0 Å². The number of rotatable bonds is 4. The molecule has 3 N–H and O–H groups in total. The highest BCUT2D eigenvalue weighted by atomic mass is 127. The molecule has 2 aromatic rings. The van der Waals surface area contributed by atoms with Gasteiger partial charge in [-0.1, -0.05) is 29.8 Å². The molecule has 0 fully saturated rings. The van der Waals surface area contributed by atoms with Gasteiger partial charge in [0.2, 0.25) is 5.91 Å². The Hall–Kier alpha value is -1.56. The summed E-state index contributed by atoms with van der Waals surface area (Å²) < 4.78 is 1.12. The molecule has 0 heterocycles. The molecule has 0 aliphatic rings. The predicted molar refractivity (Wildman–Crippen MR) is 90.5 cm³/mol. The maximum atomic E-state index is 11.9. The van der Waals surface area contributed by atoms with E-state index in [0.717, 1.165) is 14.8 Å². The van der Waals surface area contributed by atoms with Crippen LogP contribution in [0.2, 0.25) is 0 Å². The largest absolute Gasteiger partial charge is 0.368 e. The molecule has 0 radical (unpaired) electrons. The van der Waals surface area contributed by atoms with Gasteiger partial charge in [-0.05, 0) is 66.3 Å². The van der Waals surface area contributed by atoms with Crippen LogP contribution in [-0.4, -0.2) is 5.91 Å². The summed E-state index contributed by atoms with van der Waals surface area (Å²) >= 11 is 2.23. The Balaban J connectivity index is 2.37. The van der Waals surface area contributed by atoms with Gasteiger partial charge in [0, 0.05) is 9.26 Å². The van der Waals surface area contributed by atoms with Gasteiger partial charge >= 0.3 is 0 Å². The van der Waals surface area contributed by atoms with Gasteiger partial charge in [0.25, 0.3) is 0 Å². The smallest absolute Gasteiger partial charge is 0.247 e. The third-order valence-corrected chi connectivity index (χ3v) is 4.08. The fraction of sp³-hybridized carbons (Fsp3) is 0.188. The number of anilines is 1. The molecule has 2 aromatic carbocycles. The second kappa shape index (κ2) is 5.83. The molecule has 0 saturated carbocycles. The van der Waals surface area contributed by atoms with E-state index in [0.29, 0.717) is 0 Å². The number of nitrogens with one attached hydrogen (secondary N) is 1. The van der Waals surface area contributed by atoms with Crippen molar-refractivity contribution >= 4 is 34.2 Å². The molecule has 4 heteroatoms. The predicted octanol–water partition coefficient (Wildman–Crippen LogP) is 3.41. The first-order valence-electron chi connectivity index (χ1n) is 6.32. The highest BCUT2D eigenvalue weighted by Gasteiger charge is 2.33. The highest BCUT2D eigenvalue weighted by Crippen LogP contribution is 2.26. The lowest BCUT2D eigenvalue weighted by Gasteiger charge is -2.29. The van der Waals surface area contributed by atoms with Crippen molar-refractivity contribution in [2.75, 3.05) is 5.32 Å². The van der Waals surface area contributed by atoms with Crippen molar-refractivity contribution in [3.8, 4) is 0 Å². The Kier molecular flexibility index (Phi) is 4.32. The number of hydrogen-bond donors (Lipinski definition) is 2. The summed E-state index contributed by atoms with van der Waals surface area (Å²) in [7, 11) is 0. The number of carbonyl (C=O) groups excluding carboxylic acids is 1. The second-order valence-electron chi connectivity index (χ2n) is 4.99. The number of hydrogen-bond acceptors (Lipinski definition) is 2. The first-order chi connectivity index (χ1) is 9.41. The average Bonchev–Trinajstić information content (AvgIpc) is 2.42. The van der Waals surface area contributed by atoms with Crippen LogP contribution in [0.15, 0.2) is 48.5 Å². The van der Waals surface area contributed by atoms with Crippen LogP contribution < -0.4 is 11.1 Å². The number of carbonyl (C=O) groups is 1. The van der Waals surface area contributed by atoms with Gasteiger partial charge in [-0.2, -0.15) is 0 Å². The number of aryl methyl sites for hydroxylation is 1. The maximum Gasteiger partial charge on any atom is 0.247 e. The first kappa shape index (κ1) is 14.8. The van der Waals surface area contributed by atoms with E-state index in [1.807, 2.05) is 55.5 Å². The molecule has 0 spiro atoms. The standard InChI is InChI=1S/C16H17IN2O/c1-11-3-9-14(10-4-11)19-16(2,15(18)20)12-5-7-13(17)8-6-12/h3-10,19H,1-2H3,(H2,18,20). The molecule has 2 rings (SSSR count). The van der Waals surface area contributed by atoms with Crippen molar-refractivity contribution in [1.29, 1.82) is 0 Å². The molecule has 20 heavy (non-hydrogen) atoms. The summed E-state index contributed by atoms with van der Waals surface area (Å²) in [6, 6.07) is 15.7. The summed E-state index contributed by atoms with van der Waals surface area (Å²) in [6.07, 6.45) is 0. The molecule has 0 aliphatic heterocycles. The fourth-order valence-corrected chi connectivity index (χ4v) is 2.34. The highest BCUT2D eigenvalue weighted by molar-refractivity contribution is 14.1. The normalized spacial score (nSPS) is 13.6. The van der Waals surface area contributed by atoms with Gasteiger partial charge in [-0.25, -0.2) is 0 Å². The summed E-state index contributed by atoms with van der Waals surface area (Å²) in [5.41, 5.74) is 7.58. The summed E-state index contributed by atoms with van der Waals surface area (Å²) in [6.45, 7) is 3.83. The van der Waals surface area contributed by atoms with Crippen molar-refractivity contribution in [3.05, 3.63) is 63.2 Å². The minimum absolute atomic E-state index is 0.403. The zero-order valence-electron chi connectivity index (χ0n) is 11.5. The topological polar surface area (TPSA) is 55.1 Å². The molecule has 0 aromatic heterocycles. The van der Waals surface area contributed by atoms with Crippen LogP contribution in [0, 0.1) is 10.5 Å². The lowest BCUT2D eigenvalue weighted by Crippen LogP contribution is -2.45. The van der Waals surface area contributed by atoms with Crippen molar-refractivity contribution in [2.24, 2.45) is 5.73 Å². The molecule has 3 nitrogen and oxygen atoms in total. The van der Waals surface area contributed by atoms with Crippen LogP contribution >= 0.6 is 22.6 Å². The quantitative estimate of drug-likeness (QED) is 0.799. The van der Waals surface area contributed by atoms with Gasteiger partial charge in [0.05, 0.1) is 0 Å². The summed E-state index contributed by atoms with van der Waals surface area (Å²) in [5, 5.41) is 3.24. The summed E-state index contributed by atoms with van der Waals surface area (Å²) in [5.74, 6) is -0.403. The van der Waals surface area contributed by atoms with Gasteiger partial charge in [0.1, 0.15) is 5.54 Å². The van der Waals surface area contributed by atoms with Crippen molar-refractivity contribution in [1.82, 2.24) is 0 Å². The molecule has 1 unspecified atom stereocenters. The van der Waals surface area contributed by atoms with Gasteiger partial charge < -0.3 is 11.1 Å². The van der Waals surface area contributed by atoms with E-state index in [9.17, 15) is 4.79 Å². The average molecular weight is 380 g/mol. The van der Waals surface area contributed by atoms with Gasteiger partial charge in [-0.3, -0.25) is 4.79 Å². The Morgan fingerprint density at radius 3 is 2.15 bits per heavy atom. The van der Waals surface area contributed by atoms with E-state index >= 15 is 0 Å². The molecule has 104 valence electrons. The van der Waals surface area contributed by atoms with Crippen molar-refractivity contribution in [3.63, 3.8) is 0 Å². The third-order valence-electron chi connectivity index (χ3n) is 3.36. The molecule has 1 amide bonds. The first-order valence-corrected chi connectivity index (χ1v) is 7.40. The Bertz CT molecular complexity index is 607. The minimum Gasteiger partial charge on any atom is -0.368 e. The Labute approximate surface area is 132 Å². The summed E-state index contributed by atoms with van der Waals surface area (Å²) in [4.78, 5) is 11.9. The van der Waals surface area contributed by atoms with E-state index in [1.54, 1.807) is 6.92 Å². The van der Waals surface area contributed by atoms with E-state index in [4.69, 9.17) is 5.73 Å². The fourth-order valence-electron chi connectivity index (χ4n) is 1.98. The van der Waals surface area contributed by atoms with E-state index in [-0.39, 0.29) is 0 Å². The van der Waals surface area contributed by atoms with Crippen LogP contribution in [0.3, 0.4) is 0 Å². The molecular formula is C16H17IN2O. The van der Waals surface area contributed by atoms with E-state index in [2.05, 4.69) is 27.9 Å².